The molecule has 1 atom stereocenters. The van der Waals surface area contributed by atoms with Crippen molar-refractivity contribution >= 4 is 0 Å². The molecule has 0 saturated carbocycles. The Labute approximate surface area is 91.3 Å². The molecule has 0 unspecified atom stereocenters. The van der Waals surface area contributed by atoms with E-state index in [1.165, 1.54) is 31.2 Å². The topological polar surface area (TPSA) is 0 Å². The Morgan fingerprint density at radius 2 is 1.73 bits per heavy atom. The van der Waals surface area contributed by atoms with Gasteiger partial charge in [0.2, 0.25) is 0 Å². The molecule has 0 aliphatic heterocycles. The van der Waals surface area contributed by atoms with Crippen LogP contribution in [0.5, 0.6) is 0 Å². The second kappa shape index (κ2) is 3.69. The van der Waals surface area contributed by atoms with E-state index in [9.17, 15) is 0 Å². The van der Waals surface area contributed by atoms with Gasteiger partial charge in [-0.15, -0.1) is 0 Å². The SMILES string of the molecule is C1=C[C@H](c2ccccc2)C2=C1CCCC2. The van der Waals surface area contributed by atoms with E-state index in [1.54, 1.807) is 11.1 Å². The lowest BCUT2D eigenvalue weighted by atomic mass is 9.85. The van der Waals surface area contributed by atoms with Gasteiger partial charge < -0.3 is 0 Å². The molecule has 0 heterocycles. The van der Waals surface area contributed by atoms with E-state index in [0.717, 1.165) is 0 Å². The van der Waals surface area contributed by atoms with Gasteiger partial charge in [-0.3, -0.25) is 0 Å². The Bertz CT molecular complexity index is 409. The maximum Gasteiger partial charge on any atom is 0.0237 e. The normalized spacial score (nSPS) is 24.4. The maximum absolute atomic E-state index is 2.38. The van der Waals surface area contributed by atoms with Crippen LogP contribution in [0.2, 0.25) is 0 Å². The molecule has 1 aromatic rings. The molecule has 0 amide bonds. The summed E-state index contributed by atoms with van der Waals surface area (Å²) in [7, 11) is 0. The van der Waals surface area contributed by atoms with Crippen LogP contribution in [0.25, 0.3) is 0 Å². The molecule has 2 aliphatic rings. The molecule has 0 heteroatoms. The standard InChI is InChI=1S/C15H16/c1-2-6-12(7-3-1)15-11-10-13-8-4-5-9-14(13)15/h1-3,6-7,10-11,15H,4-5,8-9H2/t15-/m1/s1. The predicted octanol–water partition coefficient (Wildman–Crippen LogP) is 4.21. The summed E-state index contributed by atoms with van der Waals surface area (Å²) in [6.45, 7) is 0. The van der Waals surface area contributed by atoms with Crippen LogP contribution in [0.4, 0.5) is 0 Å². The highest BCUT2D eigenvalue weighted by molar-refractivity contribution is 5.46. The van der Waals surface area contributed by atoms with Gasteiger partial charge in [-0.25, -0.2) is 0 Å². The van der Waals surface area contributed by atoms with E-state index in [0.29, 0.717) is 5.92 Å². The van der Waals surface area contributed by atoms with Crippen LogP contribution in [-0.2, 0) is 0 Å². The Hall–Kier alpha value is -1.30. The highest BCUT2D eigenvalue weighted by Gasteiger charge is 2.23. The average molecular weight is 196 g/mol. The van der Waals surface area contributed by atoms with E-state index < -0.39 is 0 Å². The van der Waals surface area contributed by atoms with Crippen LogP contribution < -0.4 is 0 Å². The fourth-order valence-corrected chi connectivity index (χ4v) is 2.80. The lowest BCUT2D eigenvalue weighted by Gasteiger charge is -2.19. The Kier molecular flexibility index (Phi) is 2.21. The number of rotatable bonds is 1. The van der Waals surface area contributed by atoms with Crippen LogP contribution in [0.3, 0.4) is 0 Å². The fraction of sp³-hybridized carbons (Fsp3) is 0.333. The van der Waals surface area contributed by atoms with Crippen LogP contribution in [0.1, 0.15) is 37.2 Å². The maximum atomic E-state index is 2.38. The van der Waals surface area contributed by atoms with Crippen LogP contribution in [-0.4, -0.2) is 0 Å². The van der Waals surface area contributed by atoms with E-state index >= 15 is 0 Å². The van der Waals surface area contributed by atoms with Crippen molar-refractivity contribution in [2.75, 3.05) is 0 Å². The van der Waals surface area contributed by atoms with Crippen molar-refractivity contribution in [1.29, 1.82) is 0 Å². The molecular formula is C15H16. The number of hydrogen-bond donors (Lipinski definition) is 0. The minimum absolute atomic E-state index is 0.585. The van der Waals surface area contributed by atoms with Crippen molar-refractivity contribution in [2.45, 2.75) is 31.6 Å². The van der Waals surface area contributed by atoms with E-state index in [2.05, 4.69) is 42.5 Å². The highest BCUT2D eigenvalue weighted by atomic mass is 14.3. The number of allylic oxidation sites excluding steroid dienone is 4. The molecule has 76 valence electrons. The van der Waals surface area contributed by atoms with Crippen molar-refractivity contribution in [3.8, 4) is 0 Å². The second-order valence-electron chi connectivity index (χ2n) is 4.51. The van der Waals surface area contributed by atoms with Gasteiger partial charge in [0.1, 0.15) is 0 Å². The Morgan fingerprint density at radius 3 is 2.60 bits per heavy atom. The molecule has 2 aliphatic carbocycles. The van der Waals surface area contributed by atoms with E-state index in [-0.39, 0.29) is 0 Å². The molecule has 3 rings (SSSR count). The second-order valence-corrected chi connectivity index (χ2v) is 4.51. The van der Waals surface area contributed by atoms with Gasteiger partial charge in [-0.1, -0.05) is 48.1 Å². The third-order valence-corrected chi connectivity index (χ3v) is 3.58. The van der Waals surface area contributed by atoms with Crippen molar-refractivity contribution in [1.82, 2.24) is 0 Å². The quantitative estimate of drug-likeness (QED) is 0.631. The van der Waals surface area contributed by atoms with Gasteiger partial charge in [0.25, 0.3) is 0 Å². The molecule has 0 fully saturated rings. The molecular weight excluding hydrogens is 180 g/mol. The van der Waals surface area contributed by atoms with Crippen molar-refractivity contribution in [3.05, 3.63) is 59.2 Å². The number of benzene rings is 1. The molecule has 0 radical (unpaired) electrons. The first-order chi connectivity index (χ1) is 7.45. The summed E-state index contributed by atoms with van der Waals surface area (Å²) >= 11 is 0. The van der Waals surface area contributed by atoms with Crippen molar-refractivity contribution < 1.29 is 0 Å². The van der Waals surface area contributed by atoms with Gasteiger partial charge in [0.05, 0.1) is 0 Å². The first-order valence-electron chi connectivity index (χ1n) is 5.90. The Balaban J connectivity index is 1.96. The predicted molar refractivity (Wildman–Crippen MR) is 63.8 cm³/mol. The fourth-order valence-electron chi connectivity index (χ4n) is 2.80. The molecule has 0 saturated heterocycles. The Morgan fingerprint density at radius 1 is 0.933 bits per heavy atom. The summed E-state index contributed by atoms with van der Waals surface area (Å²) in [6.07, 6.45) is 10.1. The molecule has 0 nitrogen and oxygen atoms in total. The molecule has 0 aromatic heterocycles. The molecule has 0 bridgehead atoms. The van der Waals surface area contributed by atoms with Gasteiger partial charge >= 0.3 is 0 Å². The number of hydrogen-bond acceptors (Lipinski definition) is 0. The summed E-state index contributed by atoms with van der Waals surface area (Å²) < 4.78 is 0. The summed E-state index contributed by atoms with van der Waals surface area (Å²) in [5.74, 6) is 0.585. The highest BCUT2D eigenvalue weighted by Crippen LogP contribution is 2.41. The third kappa shape index (κ3) is 1.54. The van der Waals surface area contributed by atoms with Crippen molar-refractivity contribution in [2.24, 2.45) is 0 Å². The summed E-state index contributed by atoms with van der Waals surface area (Å²) in [6, 6.07) is 10.9. The summed E-state index contributed by atoms with van der Waals surface area (Å²) in [5.41, 5.74) is 4.77. The lowest BCUT2D eigenvalue weighted by molar-refractivity contribution is 0.666. The van der Waals surface area contributed by atoms with Crippen LogP contribution >= 0.6 is 0 Å². The monoisotopic (exact) mass is 196 g/mol. The van der Waals surface area contributed by atoms with E-state index in [4.69, 9.17) is 0 Å². The van der Waals surface area contributed by atoms with Gasteiger partial charge in [0, 0.05) is 5.92 Å². The van der Waals surface area contributed by atoms with Crippen molar-refractivity contribution in [3.63, 3.8) is 0 Å². The minimum Gasteiger partial charge on any atom is -0.0727 e. The molecule has 0 N–H and O–H groups in total. The lowest BCUT2D eigenvalue weighted by Crippen LogP contribution is -2.02. The molecule has 0 spiro atoms. The third-order valence-electron chi connectivity index (χ3n) is 3.58. The van der Waals surface area contributed by atoms with Gasteiger partial charge in [-0.2, -0.15) is 0 Å². The smallest absolute Gasteiger partial charge is 0.0237 e. The van der Waals surface area contributed by atoms with Crippen LogP contribution in [0, 0.1) is 0 Å². The molecule has 1 aromatic carbocycles. The first kappa shape index (κ1) is 8.96. The summed E-state index contributed by atoms with van der Waals surface area (Å²) in [5, 5.41) is 0. The van der Waals surface area contributed by atoms with Crippen LogP contribution in [0.15, 0.2) is 53.6 Å². The largest absolute Gasteiger partial charge is 0.0727 e. The zero-order valence-corrected chi connectivity index (χ0v) is 8.95. The van der Waals surface area contributed by atoms with E-state index in [1.807, 2.05) is 0 Å². The minimum atomic E-state index is 0.585. The summed E-state index contributed by atoms with van der Waals surface area (Å²) in [4.78, 5) is 0. The molecule has 15 heavy (non-hydrogen) atoms. The first-order valence-corrected chi connectivity index (χ1v) is 5.90. The zero-order chi connectivity index (χ0) is 10.1. The van der Waals surface area contributed by atoms with Gasteiger partial charge in [-0.05, 0) is 36.8 Å². The zero-order valence-electron chi connectivity index (χ0n) is 8.95. The van der Waals surface area contributed by atoms with Gasteiger partial charge in [0.15, 0.2) is 0 Å². The average Bonchev–Trinajstić information content (AvgIpc) is 2.74.